The van der Waals surface area contributed by atoms with Crippen LogP contribution in [0.4, 0.5) is 4.39 Å². The predicted octanol–water partition coefficient (Wildman–Crippen LogP) is 4.71. The number of aromatic nitrogens is 1. The first kappa shape index (κ1) is 17.8. The molecule has 6 heteroatoms. The van der Waals surface area contributed by atoms with Gasteiger partial charge in [0.1, 0.15) is 23.2 Å². The Kier molecular flexibility index (Phi) is 5.76. The first-order chi connectivity index (χ1) is 12.6. The number of ether oxygens (including phenoxy) is 2. The van der Waals surface area contributed by atoms with E-state index in [0.29, 0.717) is 5.69 Å². The van der Waals surface area contributed by atoms with Gasteiger partial charge in [0, 0.05) is 17.0 Å². The van der Waals surface area contributed by atoms with Crippen LogP contribution >= 0.6 is 11.3 Å². The van der Waals surface area contributed by atoms with Crippen LogP contribution < -0.4 is 4.74 Å². The molecule has 0 fully saturated rings. The highest BCUT2D eigenvalue weighted by molar-refractivity contribution is 7.13. The van der Waals surface area contributed by atoms with Crippen LogP contribution in [-0.4, -0.2) is 18.1 Å². The first-order valence-corrected chi connectivity index (χ1v) is 8.71. The lowest BCUT2D eigenvalue weighted by molar-refractivity contribution is -0.139. The SMILES string of the molecule is COc1ccc(/C=C/C(=O)OCc2csc(-c3ccc(F)cc3)n2)cc1. The number of benzene rings is 2. The van der Waals surface area contributed by atoms with Crippen LogP contribution in [-0.2, 0) is 16.1 Å². The number of hydrogen-bond acceptors (Lipinski definition) is 5. The number of esters is 1. The Balaban J connectivity index is 1.54. The maximum Gasteiger partial charge on any atom is 0.331 e. The van der Waals surface area contributed by atoms with Crippen LogP contribution in [0.5, 0.6) is 5.75 Å². The molecule has 0 saturated heterocycles. The number of nitrogens with zero attached hydrogens (tertiary/aromatic N) is 1. The van der Waals surface area contributed by atoms with Crippen molar-refractivity contribution in [3.63, 3.8) is 0 Å². The quantitative estimate of drug-likeness (QED) is 0.466. The van der Waals surface area contributed by atoms with E-state index < -0.39 is 5.97 Å². The molecular weight excluding hydrogens is 353 g/mol. The van der Waals surface area contributed by atoms with Gasteiger partial charge in [0.15, 0.2) is 0 Å². The summed E-state index contributed by atoms with van der Waals surface area (Å²) in [6.07, 6.45) is 3.04. The molecule has 3 aromatic rings. The van der Waals surface area contributed by atoms with Crippen molar-refractivity contribution in [2.45, 2.75) is 6.61 Å². The van der Waals surface area contributed by atoms with Crippen LogP contribution in [0, 0.1) is 5.82 Å². The lowest BCUT2D eigenvalue weighted by atomic mass is 10.2. The lowest BCUT2D eigenvalue weighted by Crippen LogP contribution is -2.00. The highest BCUT2D eigenvalue weighted by atomic mass is 32.1. The van der Waals surface area contributed by atoms with Gasteiger partial charge < -0.3 is 9.47 Å². The van der Waals surface area contributed by atoms with Gasteiger partial charge in [-0.2, -0.15) is 0 Å². The maximum atomic E-state index is 13.0. The van der Waals surface area contributed by atoms with Crippen molar-refractivity contribution in [3.05, 3.63) is 77.1 Å². The first-order valence-electron chi connectivity index (χ1n) is 7.83. The Morgan fingerprint density at radius 2 is 1.88 bits per heavy atom. The molecule has 26 heavy (non-hydrogen) atoms. The summed E-state index contributed by atoms with van der Waals surface area (Å²) in [4.78, 5) is 16.2. The fourth-order valence-electron chi connectivity index (χ4n) is 2.17. The Labute approximate surface area is 154 Å². The van der Waals surface area contributed by atoms with Gasteiger partial charge in [-0.15, -0.1) is 11.3 Å². The molecule has 132 valence electrons. The zero-order valence-electron chi connectivity index (χ0n) is 14.0. The van der Waals surface area contributed by atoms with Gasteiger partial charge in [-0.1, -0.05) is 12.1 Å². The van der Waals surface area contributed by atoms with Gasteiger partial charge >= 0.3 is 5.97 Å². The minimum atomic E-state index is -0.447. The van der Waals surface area contributed by atoms with E-state index in [4.69, 9.17) is 9.47 Å². The molecule has 0 aliphatic rings. The maximum absolute atomic E-state index is 13.0. The largest absolute Gasteiger partial charge is 0.497 e. The second kappa shape index (κ2) is 8.40. The van der Waals surface area contributed by atoms with Crippen LogP contribution in [0.2, 0.25) is 0 Å². The van der Waals surface area contributed by atoms with E-state index in [1.807, 2.05) is 29.6 Å². The van der Waals surface area contributed by atoms with Gasteiger partial charge in [-0.25, -0.2) is 14.2 Å². The van der Waals surface area contributed by atoms with E-state index in [1.54, 1.807) is 25.3 Å². The summed E-state index contributed by atoms with van der Waals surface area (Å²) in [6, 6.07) is 13.4. The predicted molar refractivity (Wildman–Crippen MR) is 99.3 cm³/mol. The van der Waals surface area contributed by atoms with Crippen molar-refractivity contribution < 1.29 is 18.7 Å². The van der Waals surface area contributed by atoms with Gasteiger partial charge in [0.05, 0.1) is 12.8 Å². The molecule has 2 aromatic carbocycles. The topological polar surface area (TPSA) is 48.4 Å². The lowest BCUT2D eigenvalue weighted by Gasteiger charge is -2.00. The zero-order valence-corrected chi connectivity index (χ0v) is 14.8. The van der Waals surface area contributed by atoms with Crippen LogP contribution in [0.3, 0.4) is 0 Å². The molecule has 0 spiro atoms. The van der Waals surface area contributed by atoms with Crippen LogP contribution in [0.15, 0.2) is 60.0 Å². The Morgan fingerprint density at radius 1 is 1.15 bits per heavy atom. The highest BCUT2D eigenvalue weighted by Gasteiger charge is 2.07. The zero-order chi connectivity index (χ0) is 18.4. The third-order valence-corrected chi connectivity index (χ3v) is 4.47. The molecule has 0 atom stereocenters. The second-order valence-corrected chi connectivity index (χ2v) is 6.22. The van der Waals surface area contributed by atoms with Gasteiger partial charge in [0.2, 0.25) is 0 Å². The molecule has 0 N–H and O–H groups in total. The Hall–Kier alpha value is -2.99. The Morgan fingerprint density at radius 3 is 2.58 bits per heavy atom. The fraction of sp³-hybridized carbons (Fsp3) is 0.100. The molecule has 0 bridgehead atoms. The van der Waals surface area contributed by atoms with Crippen LogP contribution in [0.25, 0.3) is 16.6 Å². The summed E-state index contributed by atoms with van der Waals surface area (Å²) >= 11 is 1.42. The molecule has 0 saturated carbocycles. The molecule has 0 unspecified atom stereocenters. The third kappa shape index (κ3) is 4.77. The van der Waals surface area contributed by atoms with E-state index in [1.165, 1.54) is 29.5 Å². The van der Waals surface area contributed by atoms with E-state index in [-0.39, 0.29) is 12.4 Å². The number of methoxy groups -OCH3 is 1. The molecular formula is C20H16FNO3S. The van der Waals surface area contributed by atoms with Crippen molar-refractivity contribution >= 4 is 23.4 Å². The standard InChI is InChI=1S/C20H16FNO3S/c1-24-18-9-2-14(3-10-18)4-11-19(23)25-12-17-13-26-20(22-17)15-5-7-16(21)8-6-15/h2-11,13H,12H2,1H3/b11-4+. The van der Waals surface area contributed by atoms with Crippen molar-refractivity contribution in [1.82, 2.24) is 4.98 Å². The number of rotatable bonds is 6. The summed E-state index contributed by atoms with van der Waals surface area (Å²) in [6.45, 7) is 0.0868. The van der Waals surface area contributed by atoms with E-state index in [2.05, 4.69) is 4.98 Å². The van der Waals surface area contributed by atoms with Gasteiger partial charge in [0.25, 0.3) is 0 Å². The summed E-state index contributed by atoms with van der Waals surface area (Å²) in [5.74, 6) is 0.0190. The van der Waals surface area contributed by atoms with E-state index in [0.717, 1.165) is 21.9 Å². The third-order valence-electron chi connectivity index (χ3n) is 3.53. The van der Waals surface area contributed by atoms with Gasteiger partial charge in [-0.05, 0) is 48.0 Å². The molecule has 0 aliphatic carbocycles. The Bertz CT molecular complexity index is 902. The van der Waals surface area contributed by atoms with Gasteiger partial charge in [-0.3, -0.25) is 0 Å². The minimum absolute atomic E-state index is 0.0868. The molecule has 3 rings (SSSR count). The fourth-order valence-corrected chi connectivity index (χ4v) is 2.98. The molecule has 4 nitrogen and oxygen atoms in total. The van der Waals surface area contributed by atoms with Crippen molar-refractivity contribution in [3.8, 4) is 16.3 Å². The van der Waals surface area contributed by atoms with Crippen molar-refractivity contribution in [2.24, 2.45) is 0 Å². The summed E-state index contributed by atoms with van der Waals surface area (Å²) in [5.41, 5.74) is 2.35. The number of hydrogen-bond donors (Lipinski definition) is 0. The molecule has 0 radical (unpaired) electrons. The van der Waals surface area contributed by atoms with Crippen LogP contribution in [0.1, 0.15) is 11.3 Å². The number of carbonyl (C=O) groups excluding carboxylic acids is 1. The summed E-state index contributed by atoms with van der Waals surface area (Å²) in [5, 5.41) is 2.57. The van der Waals surface area contributed by atoms with Crippen molar-refractivity contribution in [1.29, 1.82) is 0 Å². The number of halogens is 1. The summed E-state index contributed by atoms with van der Waals surface area (Å²) < 4.78 is 23.2. The average molecular weight is 369 g/mol. The molecule has 0 amide bonds. The number of carbonyl (C=O) groups is 1. The van der Waals surface area contributed by atoms with E-state index >= 15 is 0 Å². The summed E-state index contributed by atoms with van der Waals surface area (Å²) in [7, 11) is 1.60. The van der Waals surface area contributed by atoms with Crippen molar-refractivity contribution in [2.75, 3.05) is 7.11 Å². The number of thiazole rings is 1. The molecule has 1 aromatic heterocycles. The van der Waals surface area contributed by atoms with E-state index in [9.17, 15) is 9.18 Å². The molecule has 0 aliphatic heterocycles. The monoisotopic (exact) mass is 369 g/mol. The average Bonchev–Trinajstić information content (AvgIpc) is 3.14. The highest BCUT2D eigenvalue weighted by Crippen LogP contribution is 2.24. The normalized spacial score (nSPS) is 10.8. The second-order valence-electron chi connectivity index (χ2n) is 5.37. The smallest absolute Gasteiger partial charge is 0.331 e. The minimum Gasteiger partial charge on any atom is -0.497 e. The molecule has 1 heterocycles.